The Morgan fingerprint density at radius 2 is 1.75 bits per heavy atom. The van der Waals surface area contributed by atoms with E-state index in [1.54, 1.807) is 19.2 Å². The third kappa shape index (κ3) is 7.21. The number of nitrogen functional groups attached to an aromatic ring is 1. The molecule has 1 aromatic carbocycles. The second-order valence-electron chi connectivity index (χ2n) is 4.71. The Labute approximate surface area is 121 Å². The quantitative estimate of drug-likeness (QED) is 0.528. The number of benzene rings is 1. The lowest BCUT2D eigenvalue weighted by Crippen LogP contribution is -2.08. The fourth-order valence-electron chi connectivity index (χ4n) is 1.61. The molecule has 0 aliphatic rings. The molecule has 0 aromatic heterocycles. The molecule has 5 nitrogen and oxygen atoms in total. The predicted octanol–water partition coefficient (Wildman–Crippen LogP) is 2.49. The predicted molar refractivity (Wildman–Crippen MR) is 79.4 cm³/mol. The van der Waals surface area contributed by atoms with Gasteiger partial charge in [0, 0.05) is 44.0 Å². The molecule has 20 heavy (non-hydrogen) atoms. The van der Waals surface area contributed by atoms with Gasteiger partial charge in [-0.2, -0.15) is 0 Å². The summed E-state index contributed by atoms with van der Waals surface area (Å²) in [6.07, 6.45) is 0.928. The number of rotatable bonds is 10. The summed E-state index contributed by atoms with van der Waals surface area (Å²) < 4.78 is 21.5. The minimum absolute atomic E-state index is 0.110. The Morgan fingerprint density at radius 3 is 2.45 bits per heavy atom. The molecular weight excluding hydrogens is 258 g/mol. The summed E-state index contributed by atoms with van der Waals surface area (Å²) in [5.74, 6) is 1.45. The van der Waals surface area contributed by atoms with Crippen molar-refractivity contribution in [2.24, 2.45) is 0 Å². The summed E-state index contributed by atoms with van der Waals surface area (Å²) in [7, 11) is 1.66. The van der Waals surface area contributed by atoms with Gasteiger partial charge in [0.25, 0.3) is 0 Å². The molecule has 1 rings (SSSR count). The average molecular weight is 283 g/mol. The van der Waals surface area contributed by atoms with Crippen LogP contribution in [-0.4, -0.2) is 39.6 Å². The van der Waals surface area contributed by atoms with Crippen LogP contribution < -0.4 is 15.2 Å². The van der Waals surface area contributed by atoms with Crippen molar-refractivity contribution >= 4 is 5.69 Å². The van der Waals surface area contributed by atoms with Crippen LogP contribution in [0.1, 0.15) is 20.3 Å². The molecule has 0 radical (unpaired) electrons. The normalized spacial score (nSPS) is 10.8. The van der Waals surface area contributed by atoms with E-state index in [0.717, 1.165) is 17.9 Å². The molecule has 1 aromatic rings. The van der Waals surface area contributed by atoms with Crippen molar-refractivity contribution in [1.29, 1.82) is 0 Å². The van der Waals surface area contributed by atoms with Gasteiger partial charge in [0.2, 0.25) is 0 Å². The number of anilines is 1. The molecule has 0 aliphatic heterocycles. The molecule has 0 atom stereocenters. The van der Waals surface area contributed by atoms with Crippen LogP contribution in [-0.2, 0) is 9.47 Å². The van der Waals surface area contributed by atoms with Crippen LogP contribution in [0.2, 0.25) is 0 Å². The van der Waals surface area contributed by atoms with E-state index in [2.05, 4.69) is 0 Å². The van der Waals surface area contributed by atoms with E-state index in [1.807, 2.05) is 19.9 Å². The molecule has 0 amide bonds. The van der Waals surface area contributed by atoms with Crippen LogP contribution in [0.3, 0.4) is 0 Å². The van der Waals surface area contributed by atoms with Crippen molar-refractivity contribution in [1.82, 2.24) is 0 Å². The highest BCUT2D eigenvalue weighted by Crippen LogP contribution is 2.25. The summed E-state index contributed by atoms with van der Waals surface area (Å²) in [6.45, 7) is 6.41. The van der Waals surface area contributed by atoms with E-state index >= 15 is 0 Å². The van der Waals surface area contributed by atoms with E-state index in [-0.39, 0.29) is 6.10 Å². The fourth-order valence-corrected chi connectivity index (χ4v) is 1.61. The van der Waals surface area contributed by atoms with Gasteiger partial charge < -0.3 is 24.7 Å². The third-order valence-corrected chi connectivity index (χ3v) is 2.41. The van der Waals surface area contributed by atoms with Gasteiger partial charge in [-0.05, 0) is 13.8 Å². The number of hydrogen-bond donors (Lipinski definition) is 1. The van der Waals surface area contributed by atoms with E-state index < -0.39 is 0 Å². The summed E-state index contributed by atoms with van der Waals surface area (Å²) >= 11 is 0. The number of ether oxygens (including phenoxy) is 4. The first-order chi connectivity index (χ1) is 9.61. The standard InChI is InChI=1S/C15H25NO4/c1-12(2)20-15-10-13(16)9-14(11-15)19-6-4-5-18-8-7-17-3/h9-12H,4-8,16H2,1-3H3. The van der Waals surface area contributed by atoms with E-state index in [1.165, 1.54) is 0 Å². The van der Waals surface area contributed by atoms with Gasteiger partial charge in [-0.1, -0.05) is 0 Å². The Bertz CT molecular complexity index is 382. The molecule has 2 N–H and O–H groups in total. The van der Waals surface area contributed by atoms with Crippen LogP contribution in [0.15, 0.2) is 18.2 Å². The summed E-state index contributed by atoms with van der Waals surface area (Å²) in [5, 5.41) is 0. The van der Waals surface area contributed by atoms with Gasteiger partial charge in [0.1, 0.15) is 11.5 Å². The van der Waals surface area contributed by atoms with Crippen molar-refractivity contribution in [2.75, 3.05) is 39.3 Å². The van der Waals surface area contributed by atoms with Gasteiger partial charge in [-0.25, -0.2) is 0 Å². The molecule has 114 valence electrons. The molecule has 0 saturated heterocycles. The zero-order valence-corrected chi connectivity index (χ0v) is 12.6. The van der Waals surface area contributed by atoms with Crippen molar-refractivity contribution < 1.29 is 18.9 Å². The van der Waals surface area contributed by atoms with Gasteiger partial charge >= 0.3 is 0 Å². The van der Waals surface area contributed by atoms with Crippen molar-refractivity contribution in [3.63, 3.8) is 0 Å². The Balaban J connectivity index is 2.30. The van der Waals surface area contributed by atoms with Crippen LogP contribution in [0.25, 0.3) is 0 Å². The third-order valence-electron chi connectivity index (χ3n) is 2.41. The molecule has 0 spiro atoms. The van der Waals surface area contributed by atoms with Crippen LogP contribution in [0.4, 0.5) is 5.69 Å². The average Bonchev–Trinajstić information content (AvgIpc) is 2.36. The summed E-state index contributed by atoms with van der Waals surface area (Å²) in [5.41, 5.74) is 6.46. The lowest BCUT2D eigenvalue weighted by molar-refractivity contribution is 0.0644. The lowest BCUT2D eigenvalue weighted by Gasteiger charge is -2.13. The van der Waals surface area contributed by atoms with Crippen LogP contribution in [0.5, 0.6) is 11.5 Å². The van der Waals surface area contributed by atoms with Gasteiger partial charge in [0.05, 0.1) is 25.9 Å². The molecular formula is C15H25NO4. The number of hydrogen-bond acceptors (Lipinski definition) is 5. The highest BCUT2D eigenvalue weighted by molar-refractivity contribution is 5.50. The first kappa shape index (κ1) is 16.6. The number of methoxy groups -OCH3 is 1. The highest BCUT2D eigenvalue weighted by atomic mass is 16.5. The monoisotopic (exact) mass is 283 g/mol. The molecule has 0 fully saturated rings. The molecule has 0 aliphatic carbocycles. The van der Waals surface area contributed by atoms with Crippen molar-refractivity contribution in [3.05, 3.63) is 18.2 Å². The zero-order valence-electron chi connectivity index (χ0n) is 12.6. The zero-order chi connectivity index (χ0) is 14.8. The van der Waals surface area contributed by atoms with Crippen LogP contribution >= 0.6 is 0 Å². The second-order valence-corrected chi connectivity index (χ2v) is 4.71. The maximum Gasteiger partial charge on any atom is 0.125 e. The second kappa shape index (κ2) is 9.44. The first-order valence-electron chi connectivity index (χ1n) is 6.88. The Morgan fingerprint density at radius 1 is 1.00 bits per heavy atom. The minimum Gasteiger partial charge on any atom is -0.493 e. The topological polar surface area (TPSA) is 62.9 Å². The lowest BCUT2D eigenvalue weighted by atomic mass is 10.3. The number of nitrogens with two attached hydrogens (primary N) is 1. The highest BCUT2D eigenvalue weighted by Gasteiger charge is 2.03. The van der Waals surface area contributed by atoms with Gasteiger partial charge in [-0.3, -0.25) is 0 Å². The fraction of sp³-hybridized carbons (Fsp3) is 0.600. The van der Waals surface area contributed by atoms with Crippen molar-refractivity contribution in [2.45, 2.75) is 26.4 Å². The summed E-state index contributed by atoms with van der Waals surface area (Å²) in [6, 6.07) is 5.43. The summed E-state index contributed by atoms with van der Waals surface area (Å²) in [4.78, 5) is 0. The molecule has 5 heteroatoms. The SMILES string of the molecule is COCCOCCCOc1cc(N)cc(OC(C)C)c1. The largest absolute Gasteiger partial charge is 0.493 e. The van der Waals surface area contributed by atoms with E-state index in [9.17, 15) is 0 Å². The molecule has 0 heterocycles. The van der Waals surface area contributed by atoms with E-state index in [0.29, 0.717) is 32.1 Å². The smallest absolute Gasteiger partial charge is 0.125 e. The van der Waals surface area contributed by atoms with Crippen molar-refractivity contribution in [3.8, 4) is 11.5 Å². The van der Waals surface area contributed by atoms with Crippen LogP contribution in [0, 0.1) is 0 Å². The Hall–Kier alpha value is -1.46. The maximum atomic E-state index is 5.82. The van der Waals surface area contributed by atoms with Gasteiger partial charge in [0.15, 0.2) is 0 Å². The molecule has 0 saturated carbocycles. The Kier molecular flexibility index (Phi) is 7.84. The molecule has 0 bridgehead atoms. The minimum atomic E-state index is 0.110. The molecule has 0 unspecified atom stereocenters. The van der Waals surface area contributed by atoms with E-state index in [4.69, 9.17) is 24.7 Å². The van der Waals surface area contributed by atoms with Gasteiger partial charge in [-0.15, -0.1) is 0 Å². The maximum absolute atomic E-state index is 5.82. The first-order valence-corrected chi connectivity index (χ1v) is 6.88.